The van der Waals surface area contributed by atoms with Gasteiger partial charge in [0.05, 0.1) is 5.56 Å². The van der Waals surface area contributed by atoms with E-state index in [2.05, 4.69) is 5.32 Å². The zero-order chi connectivity index (χ0) is 21.7. The van der Waals surface area contributed by atoms with Gasteiger partial charge in [0.1, 0.15) is 10.7 Å². The maximum atomic E-state index is 14.2. The first-order valence-corrected chi connectivity index (χ1v) is 11.1. The summed E-state index contributed by atoms with van der Waals surface area (Å²) >= 11 is 5.84. The normalized spacial score (nSPS) is 14.9. The van der Waals surface area contributed by atoms with E-state index < -0.39 is 39.2 Å². The van der Waals surface area contributed by atoms with Crippen molar-refractivity contribution in [2.45, 2.75) is 24.2 Å². The first-order valence-electron chi connectivity index (χ1n) is 9.29. The molecule has 7 nitrogen and oxygen atoms in total. The SMILES string of the molecule is O=C(COC(=O)c1ccc(F)c(S(=O)(=O)N2CCCCC2)c1)Nc1cccc(Cl)c1. The van der Waals surface area contributed by atoms with Gasteiger partial charge in [-0.25, -0.2) is 17.6 Å². The molecule has 0 bridgehead atoms. The maximum Gasteiger partial charge on any atom is 0.338 e. The number of ether oxygens (including phenoxy) is 1. The number of carbonyl (C=O) groups is 2. The summed E-state index contributed by atoms with van der Waals surface area (Å²) in [6.45, 7) is 0.0111. The van der Waals surface area contributed by atoms with Crippen LogP contribution in [-0.2, 0) is 19.6 Å². The third-order valence-electron chi connectivity index (χ3n) is 4.54. The number of nitrogens with one attached hydrogen (secondary N) is 1. The van der Waals surface area contributed by atoms with Crippen molar-refractivity contribution >= 4 is 39.2 Å². The summed E-state index contributed by atoms with van der Waals surface area (Å²) in [5.41, 5.74) is 0.266. The highest BCUT2D eigenvalue weighted by Crippen LogP contribution is 2.24. The maximum absolute atomic E-state index is 14.2. The van der Waals surface area contributed by atoms with Gasteiger partial charge in [0, 0.05) is 23.8 Å². The minimum Gasteiger partial charge on any atom is -0.452 e. The molecular weight excluding hydrogens is 435 g/mol. The van der Waals surface area contributed by atoms with Crippen LogP contribution >= 0.6 is 11.6 Å². The Morgan fingerprint density at radius 3 is 2.53 bits per heavy atom. The van der Waals surface area contributed by atoms with Crippen LogP contribution in [0.1, 0.15) is 29.6 Å². The highest BCUT2D eigenvalue weighted by atomic mass is 35.5. The van der Waals surface area contributed by atoms with Crippen molar-refractivity contribution in [1.29, 1.82) is 0 Å². The smallest absolute Gasteiger partial charge is 0.338 e. The van der Waals surface area contributed by atoms with Crippen LogP contribution in [0.25, 0.3) is 0 Å². The zero-order valence-corrected chi connectivity index (χ0v) is 17.5. The Morgan fingerprint density at radius 1 is 1.10 bits per heavy atom. The number of esters is 1. The van der Waals surface area contributed by atoms with Gasteiger partial charge in [-0.15, -0.1) is 0 Å². The lowest BCUT2D eigenvalue weighted by atomic mass is 10.2. The number of hydrogen-bond acceptors (Lipinski definition) is 5. The van der Waals surface area contributed by atoms with Crippen molar-refractivity contribution in [3.8, 4) is 0 Å². The highest BCUT2D eigenvalue weighted by molar-refractivity contribution is 7.89. The van der Waals surface area contributed by atoms with Gasteiger partial charge in [-0.3, -0.25) is 4.79 Å². The third-order valence-corrected chi connectivity index (χ3v) is 6.69. The van der Waals surface area contributed by atoms with Crippen LogP contribution in [0, 0.1) is 5.82 Å². The molecule has 1 saturated heterocycles. The number of nitrogens with zero attached hydrogens (tertiary/aromatic N) is 1. The lowest BCUT2D eigenvalue weighted by Gasteiger charge is -2.26. The van der Waals surface area contributed by atoms with Crippen molar-refractivity contribution in [3.63, 3.8) is 0 Å². The lowest BCUT2D eigenvalue weighted by molar-refractivity contribution is -0.119. The minimum absolute atomic E-state index is 0.164. The van der Waals surface area contributed by atoms with Gasteiger partial charge in [0.25, 0.3) is 5.91 Å². The number of benzene rings is 2. The molecule has 0 aromatic heterocycles. The number of sulfonamides is 1. The Labute approximate surface area is 178 Å². The summed E-state index contributed by atoms with van der Waals surface area (Å²) in [5, 5.41) is 2.94. The fourth-order valence-electron chi connectivity index (χ4n) is 3.05. The van der Waals surface area contributed by atoms with Crippen LogP contribution in [0.3, 0.4) is 0 Å². The number of anilines is 1. The van der Waals surface area contributed by atoms with E-state index in [0.29, 0.717) is 36.6 Å². The van der Waals surface area contributed by atoms with Gasteiger partial charge < -0.3 is 10.1 Å². The lowest BCUT2D eigenvalue weighted by Crippen LogP contribution is -2.36. The number of amides is 1. The van der Waals surface area contributed by atoms with E-state index >= 15 is 0 Å². The van der Waals surface area contributed by atoms with E-state index in [1.165, 1.54) is 10.4 Å². The van der Waals surface area contributed by atoms with E-state index in [1.54, 1.807) is 18.2 Å². The zero-order valence-electron chi connectivity index (χ0n) is 15.9. The Hall–Kier alpha value is -2.49. The molecule has 3 rings (SSSR count). The second-order valence-electron chi connectivity index (χ2n) is 6.74. The standard InChI is InChI=1S/C20H20ClFN2O5S/c21-15-5-4-6-16(12-15)23-19(25)13-29-20(26)14-7-8-17(22)18(11-14)30(27,28)24-9-2-1-3-10-24/h4-8,11-12H,1-3,9-10,13H2,(H,23,25). The molecule has 0 aliphatic carbocycles. The highest BCUT2D eigenvalue weighted by Gasteiger charge is 2.29. The van der Waals surface area contributed by atoms with Crippen LogP contribution < -0.4 is 5.32 Å². The molecule has 1 aliphatic rings. The number of rotatable bonds is 6. The molecule has 0 saturated carbocycles. The molecule has 1 heterocycles. The summed E-state index contributed by atoms with van der Waals surface area (Å²) < 4.78 is 45.9. The van der Waals surface area contributed by atoms with Crippen LogP contribution in [0.5, 0.6) is 0 Å². The largest absolute Gasteiger partial charge is 0.452 e. The molecule has 0 spiro atoms. The quantitative estimate of drug-likeness (QED) is 0.675. The van der Waals surface area contributed by atoms with Crippen molar-refractivity contribution in [2.24, 2.45) is 0 Å². The second kappa shape index (κ2) is 9.55. The van der Waals surface area contributed by atoms with E-state index in [0.717, 1.165) is 24.6 Å². The van der Waals surface area contributed by atoms with Crippen LogP contribution in [0.4, 0.5) is 10.1 Å². The van der Waals surface area contributed by atoms with Crippen LogP contribution in [0.15, 0.2) is 47.4 Å². The second-order valence-corrected chi connectivity index (χ2v) is 9.09. The van der Waals surface area contributed by atoms with Crippen LogP contribution in [-0.4, -0.2) is 44.3 Å². The molecule has 2 aromatic rings. The van der Waals surface area contributed by atoms with E-state index in [-0.39, 0.29) is 5.56 Å². The molecule has 1 aliphatic heterocycles. The minimum atomic E-state index is -4.07. The van der Waals surface area contributed by atoms with Gasteiger partial charge in [-0.2, -0.15) is 4.31 Å². The predicted molar refractivity (Wildman–Crippen MR) is 109 cm³/mol. The van der Waals surface area contributed by atoms with Gasteiger partial charge in [-0.1, -0.05) is 24.1 Å². The van der Waals surface area contributed by atoms with Gasteiger partial charge in [0.2, 0.25) is 10.0 Å². The average Bonchev–Trinajstić information content (AvgIpc) is 2.73. The molecule has 0 radical (unpaired) electrons. The van der Waals surface area contributed by atoms with Crippen molar-refractivity contribution in [2.75, 3.05) is 25.0 Å². The molecule has 0 unspecified atom stereocenters. The fraction of sp³-hybridized carbons (Fsp3) is 0.300. The molecular formula is C20H20ClFN2O5S. The third kappa shape index (κ3) is 5.35. The Morgan fingerprint density at radius 2 is 1.83 bits per heavy atom. The van der Waals surface area contributed by atoms with E-state index in [1.807, 2.05) is 0 Å². The number of halogens is 2. The molecule has 0 atom stereocenters. The van der Waals surface area contributed by atoms with E-state index in [4.69, 9.17) is 16.3 Å². The average molecular weight is 455 g/mol. The summed E-state index contributed by atoms with van der Waals surface area (Å²) in [6.07, 6.45) is 2.31. The molecule has 2 aromatic carbocycles. The Bertz CT molecular complexity index is 1050. The summed E-state index contributed by atoms with van der Waals surface area (Å²) in [6, 6.07) is 9.38. The summed E-state index contributed by atoms with van der Waals surface area (Å²) in [5.74, 6) is -2.49. The van der Waals surface area contributed by atoms with Gasteiger partial charge in [0.15, 0.2) is 6.61 Å². The van der Waals surface area contributed by atoms with Gasteiger partial charge in [-0.05, 0) is 49.2 Å². The molecule has 1 amide bonds. The Kier molecular flexibility index (Phi) is 7.06. The number of carbonyl (C=O) groups excluding carboxylic acids is 2. The van der Waals surface area contributed by atoms with Crippen molar-refractivity contribution in [1.82, 2.24) is 4.31 Å². The van der Waals surface area contributed by atoms with E-state index in [9.17, 15) is 22.4 Å². The monoisotopic (exact) mass is 454 g/mol. The molecule has 160 valence electrons. The van der Waals surface area contributed by atoms with Crippen molar-refractivity contribution < 1.29 is 27.1 Å². The first kappa shape index (κ1) is 22.2. The molecule has 1 N–H and O–H groups in total. The topological polar surface area (TPSA) is 92.8 Å². The predicted octanol–water partition coefficient (Wildman–Crippen LogP) is 3.45. The Balaban J connectivity index is 1.67. The van der Waals surface area contributed by atoms with Gasteiger partial charge >= 0.3 is 5.97 Å². The van der Waals surface area contributed by atoms with Crippen molar-refractivity contribution in [3.05, 3.63) is 58.9 Å². The fourth-order valence-corrected chi connectivity index (χ4v) is 4.85. The molecule has 1 fully saturated rings. The first-order chi connectivity index (χ1) is 14.3. The number of hydrogen-bond donors (Lipinski definition) is 1. The molecule has 10 heteroatoms. The molecule has 30 heavy (non-hydrogen) atoms. The summed E-state index contributed by atoms with van der Waals surface area (Å²) in [7, 11) is -4.07. The summed E-state index contributed by atoms with van der Waals surface area (Å²) in [4.78, 5) is 23.6. The van der Waals surface area contributed by atoms with Crippen LogP contribution in [0.2, 0.25) is 5.02 Å². The number of piperidine rings is 1.